The lowest BCUT2D eigenvalue weighted by Gasteiger charge is -2.10. The summed E-state index contributed by atoms with van der Waals surface area (Å²) in [7, 11) is 0. The molecule has 44 heavy (non-hydrogen) atoms. The number of fused-ring (bicyclic) bond motifs is 6. The third-order valence-corrected chi connectivity index (χ3v) is 8.62. The van der Waals surface area contributed by atoms with Crippen molar-refractivity contribution in [3.05, 3.63) is 139 Å². The maximum Gasteiger partial charge on any atom is 0.165 e. The fourth-order valence-electron chi connectivity index (χ4n) is 5.54. The van der Waals surface area contributed by atoms with E-state index in [1.807, 2.05) is 30.3 Å². The quantitative estimate of drug-likeness (QED) is 0.204. The van der Waals surface area contributed by atoms with Crippen LogP contribution >= 0.6 is 11.3 Å². The number of nitrogens with zero attached hydrogens (tertiary/aromatic N) is 5. The zero-order valence-electron chi connectivity index (χ0n) is 32.6. The average Bonchev–Trinajstić information content (AvgIpc) is 3.71. The van der Waals surface area contributed by atoms with Crippen LogP contribution < -0.4 is 0 Å². The van der Waals surface area contributed by atoms with Crippen LogP contribution in [0.15, 0.2) is 139 Å². The summed E-state index contributed by atoms with van der Waals surface area (Å²) < 4.78 is 87.8. The van der Waals surface area contributed by atoms with Crippen LogP contribution in [0.2, 0.25) is 0 Å². The molecule has 5 aromatic carbocycles. The number of rotatable bonds is 4. The highest BCUT2D eigenvalue weighted by atomic mass is 32.1. The molecule has 0 amide bonds. The minimum atomic E-state index is -0.609. The van der Waals surface area contributed by atoms with Crippen molar-refractivity contribution in [3.8, 4) is 40.0 Å². The van der Waals surface area contributed by atoms with Crippen molar-refractivity contribution in [2.75, 3.05) is 0 Å². The van der Waals surface area contributed by atoms with Gasteiger partial charge in [-0.15, -0.1) is 11.3 Å². The Morgan fingerprint density at radius 3 is 1.84 bits per heavy atom. The second-order valence-electron chi connectivity index (χ2n) is 10.0. The van der Waals surface area contributed by atoms with E-state index >= 15 is 0 Å². The highest BCUT2D eigenvalue weighted by Crippen LogP contribution is 2.40. The van der Waals surface area contributed by atoms with Crippen LogP contribution in [-0.2, 0) is 0 Å². The van der Waals surface area contributed by atoms with Crippen molar-refractivity contribution in [3.63, 3.8) is 0 Å². The van der Waals surface area contributed by atoms with E-state index < -0.39 is 60.4 Å². The smallest absolute Gasteiger partial charge is 0.165 e. The first-order valence-electron chi connectivity index (χ1n) is 18.7. The van der Waals surface area contributed by atoms with Crippen molar-refractivity contribution in [2.45, 2.75) is 0 Å². The van der Waals surface area contributed by atoms with Gasteiger partial charge in [-0.1, -0.05) is 96.8 Å². The molecule has 6 heteroatoms. The fraction of sp³-hybridized carbons (Fsp3) is 0. The topological polar surface area (TPSA) is 56.5 Å². The van der Waals surface area contributed by atoms with Gasteiger partial charge in [0.25, 0.3) is 0 Å². The van der Waals surface area contributed by atoms with Crippen LogP contribution in [0.5, 0.6) is 0 Å². The van der Waals surface area contributed by atoms with Crippen molar-refractivity contribution in [1.82, 2.24) is 24.5 Å². The van der Waals surface area contributed by atoms with Gasteiger partial charge in [-0.2, -0.15) is 0 Å². The number of hydrogen-bond donors (Lipinski definition) is 0. The predicted octanol–water partition coefficient (Wildman–Crippen LogP) is 9.73. The fourth-order valence-corrected chi connectivity index (χ4v) is 6.66. The van der Waals surface area contributed by atoms with Crippen molar-refractivity contribution < 1.29 is 13.7 Å². The maximum absolute atomic E-state index is 8.58. The van der Waals surface area contributed by atoms with Crippen LogP contribution in [0.4, 0.5) is 0 Å². The summed E-state index contributed by atoms with van der Waals surface area (Å²) in [6.45, 7) is 0. The Bertz CT molecular complexity index is 2920. The molecule has 4 heterocycles. The third kappa shape index (κ3) is 4.00. The molecule has 0 unspecified atom stereocenters. The van der Waals surface area contributed by atoms with Gasteiger partial charge >= 0.3 is 0 Å². The van der Waals surface area contributed by atoms with Crippen LogP contribution in [0.3, 0.4) is 0 Å². The van der Waals surface area contributed by atoms with E-state index in [0.717, 1.165) is 27.2 Å². The number of hydrogen-bond acceptors (Lipinski definition) is 5. The largest absolute Gasteiger partial charge is 0.294 e. The monoisotopic (exact) mass is 591 g/mol. The van der Waals surface area contributed by atoms with Gasteiger partial charge in [-0.05, 0) is 36.4 Å². The molecule has 0 radical (unpaired) electrons. The molecule has 9 rings (SSSR count). The van der Waals surface area contributed by atoms with Gasteiger partial charge in [0.2, 0.25) is 0 Å². The van der Waals surface area contributed by atoms with Crippen LogP contribution in [0.25, 0.3) is 82.0 Å². The van der Waals surface area contributed by atoms with Crippen molar-refractivity contribution in [1.29, 1.82) is 0 Å². The first-order chi connectivity index (χ1) is 25.9. The Labute approximate surface area is 270 Å². The highest BCUT2D eigenvalue weighted by molar-refractivity contribution is 7.25. The van der Waals surface area contributed by atoms with E-state index in [0.29, 0.717) is 11.4 Å². The molecule has 0 atom stereocenters. The average molecular weight is 592 g/mol. The normalized spacial score (nSPS) is 14.8. The molecule has 0 saturated carbocycles. The molecular weight excluding hydrogens is 559 g/mol. The molecule has 0 spiro atoms. The standard InChI is InChI=1S/C38H23N5S/c1-3-11-24(12-4-1)36-40-37(25-13-5-2-6-14-25)42-38(41-36)26-19-20-35(39-23-26)43-31-17-9-7-15-27(31)29-22-34-30(21-32(29)43)28-16-8-10-18-33(28)44-34/h1-23H/i1D,2D,3D,4D,5D,6D,11D,12D,13D,14D. The Morgan fingerprint density at radius 2 is 1.16 bits per heavy atom. The number of benzene rings is 5. The van der Waals surface area contributed by atoms with Crippen LogP contribution in [0.1, 0.15) is 13.7 Å². The number of pyridine rings is 1. The van der Waals surface area contributed by atoms with E-state index in [2.05, 4.69) is 49.9 Å². The summed E-state index contributed by atoms with van der Waals surface area (Å²) in [5, 5.41) is 4.43. The molecule has 0 aliphatic rings. The third-order valence-electron chi connectivity index (χ3n) is 7.49. The Balaban J connectivity index is 1.26. The minimum absolute atomic E-state index is 0.0543. The van der Waals surface area contributed by atoms with Gasteiger partial charge in [0.05, 0.1) is 24.7 Å². The van der Waals surface area contributed by atoms with Crippen LogP contribution in [-0.4, -0.2) is 24.5 Å². The van der Waals surface area contributed by atoms with Gasteiger partial charge in [0.15, 0.2) is 17.5 Å². The molecule has 206 valence electrons. The van der Waals surface area contributed by atoms with Gasteiger partial charge in [0, 0.05) is 53.8 Å². The maximum atomic E-state index is 8.58. The van der Waals surface area contributed by atoms with Crippen molar-refractivity contribution in [2.24, 2.45) is 0 Å². The highest BCUT2D eigenvalue weighted by Gasteiger charge is 2.17. The summed E-state index contributed by atoms with van der Waals surface area (Å²) in [6.07, 6.45) is 1.53. The molecule has 0 aliphatic carbocycles. The van der Waals surface area contributed by atoms with Gasteiger partial charge in [-0.3, -0.25) is 4.57 Å². The second-order valence-corrected chi connectivity index (χ2v) is 11.1. The van der Waals surface area contributed by atoms with E-state index in [9.17, 15) is 0 Å². The molecule has 4 aromatic heterocycles. The molecule has 0 fully saturated rings. The van der Waals surface area contributed by atoms with E-state index in [1.54, 1.807) is 23.5 Å². The lowest BCUT2D eigenvalue weighted by molar-refractivity contribution is 1.05. The van der Waals surface area contributed by atoms with E-state index in [4.69, 9.17) is 18.7 Å². The molecule has 0 aliphatic heterocycles. The summed E-state index contributed by atoms with van der Waals surface area (Å²) >= 11 is 1.75. The lowest BCUT2D eigenvalue weighted by Crippen LogP contribution is -2.01. The molecule has 5 nitrogen and oxygen atoms in total. The molecule has 0 saturated heterocycles. The summed E-state index contributed by atoms with van der Waals surface area (Å²) in [5.74, 6) is -0.134. The first kappa shape index (κ1) is 16.8. The van der Waals surface area contributed by atoms with Gasteiger partial charge in [0.1, 0.15) is 5.82 Å². The summed E-state index contributed by atoms with van der Waals surface area (Å²) in [4.78, 5) is 18.2. The van der Waals surface area contributed by atoms with Crippen molar-refractivity contribution >= 4 is 53.3 Å². The number of para-hydroxylation sites is 1. The van der Waals surface area contributed by atoms with Gasteiger partial charge in [-0.25, -0.2) is 19.9 Å². The first-order valence-corrected chi connectivity index (χ1v) is 14.5. The lowest BCUT2D eigenvalue weighted by atomic mass is 10.1. The zero-order valence-corrected chi connectivity index (χ0v) is 23.5. The van der Waals surface area contributed by atoms with E-state index in [-0.39, 0.29) is 28.6 Å². The van der Waals surface area contributed by atoms with Crippen LogP contribution in [0, 0.1) is 0 Å². The molecule has 0 N–H and O–H groups in total. The molecule has 9 aromatic rings. The minimum Gasteiger partial charge on any atom is -0.294 e. The summed E-state index contributed by atoms with van der Waals surface area (Å²) in [5.41, 5.74) is 1.58. The van der Waals surface area contributed by atoms with E-state index in [1.165, 1.54) is 21.0 Å². The van der Waals surface area contributed by atoms with Gasteiger partial charge < -0.3 is 0 Å². The number of thiophene rings is 1. The number of aromatic nitrogens is 5. The summed E-state index contributed by atoms with van der Waals surface area (Å²) in [6, 6.07) is 18.3. The Hall–Kier alpha value is -5.72. The SMILES string of the molecule is [2H]c1c([2H])c([2H])c(-c2nc(-c3ccc(-n4c5ccccc5c5cc6sc7ccccc7c6cc54)nc3)nc(-c3c([2H])c([2H])c([2H])c([2H])c3[2H])n2)c([2H])c1[2H]. The Kier molecular flexibility index (Phi) is 3.79. The molecular formula is C38H23N5S. The predicted molar refractivity (Wildman–Crippen MR) is 181 cm³/mol. The zero-order chi connectivity index (χ0) is 37.7. The molecule has 0 bridgehead atoms. The second kappa shape index (κ2) is 9.93. The Morgan fingerprint density at radius 1 is 0.523 bits per heavy atom.